The molecule has 90 valence electrons. The lowest BCUT2D eigenvalue weighted by molar-refractivity contribution is 0.321. The van der Waals surface area contributed by atoms with Crippen LogP contribution in [0.25, 0.3) is 0 Å². The van der Waals surface area contributed by atoms with Crippen LogP contribution in [-0.2, 0) is 6.54 Å². The number of hydrogen-bond acceptors (Lipinski definition) is 5. The minimum absolute atomic E-state index is 0.490. The predicted octanol–water partition coefficient (Wildman–Crippen LogP) is 1.24. The minimum atomic E-state index is 0.490. The Bertz CT molecular complexity index is 327. The zero-order valence-corrected chi connectivity index (χ0v) is 10.7. The van der Waals surface area contributed by atoms with Gasteiger partial charge in [-0.1, -0.05) is 6.42 Å². The first-order valence-corrected chi connectivity index (χ1v) is 7.08. The molecule has 1 saturated carbocycles. The molecule has 0 saturated heterocycles. The second-order valence-electron chi connectivity index (χ2n) is 4.25. The molecule has 2 unspecified atom stereocenters. The summed E-state index contributed by atoms with van der Waals surface area (Å²) in [6.45, 7) is 0.743. The standard InChI is InChI=1S/C10H19N5S/c1-11-7-10-12-13-14-15(10)8-4-3-5-9(6-8)16-2/h8-9,11H,3-7H2,1-2H3. The average molecular weight is 241 g/mol. The molecule has 1 fully saturated rings. The fourth-order valence-corrected chi connectivity index (χ4v) is 3.14. The Morgan fingerprint density at radius 3 is 3.12 bits per heavy atom. The van der Waals surface area contributed by atoms with Gasteiger partial charge in [-0.2, -0.15) is 11.8 Å². The van der Waals surface area contributed by atoms with E-state index in [-0.39, 0.29) is 0 Å². The number of thioether (sulfide) groups is 1. The van der Waals surface area contributed by atoms with E-state index >= 15 is 0 Å². The third-order valence-corrected chi connectivity index (χ3v) is 4.27. The highest BCUT2D eigenvalue weighted by molar-refractivity contribution is 7.99. The summed E-state index contributed by atoms with van der Waals surface area (Å²) in [6, 6.07) is 0.490. The highest BCUT2D eigenvalue weighted by Crippen LogP contribution is 2.33. The van der Waals surface area contributed by atoms with Gasteiger partial charge in [0.1, 0.15) is 0 Å². The molecule has 5 nitrogen and oxygen atoms in total. The van der Waals surface area contributed by atoms with Gasteiger partial charge in [0.05, 0.1) is 12.6 Å². The molecule has 0 spiro atoms. The van der Waals surface area contributed by atoms with Gasteiger partial charge in [-0.3, -0.25) is 0 Å². The molecule has 0 radical (unpaired) electrons. The van der Waals surface area contributed by atoms with Gasteiger partial charge in [-0.15, -0.1) is 5.10 Å². The number of rotatable bonds is 4. The maximum Gasteiger partial charge on any atom is 0.165 e. The zero-order valence-electron chi connectivity index (χ0n) is 9.89. The Hall–Kier alpha value is -0.620. The highest BCUT2D eigenvalue weighted by atomic mass is 32.2. The SMILES string of the molecule is CNCc1nnnn1C1CCCC(SC)C1. The van der Waals surface area contributed by atoms with E-state index in [1.54, 1.807) is 0 Å². The van der Waals surface area contributed by atoms with Crippen LogP contribution in [0, 0.1) is 0 Å². The maximum atomic E-state index is 4.13. The van der Waals surface area contributed by atoms with Crippen LogP contribution in [0.1, 0.15) is 37.5 Å². The Kier molecular flexibility index (Phi) is 4.17. The number of aromatic nitrogens is 4. The fourth-order valence-electron chi connectivity index (χ4n) is 2.33. The molecule has 2 atom stereocenters. The Morgan fingerprint density at radius 2 is 2.38 bits per heavy atom. The molecule has 1 aromatic heterocycles. The monoisotopic (exact) mass is 241 g/mol. The van der Waals surface area contributed by atoms with Crippen molar-refractivity contribution in [3.63, 3.8) is 0 Å². The van der Waals surface area contributed by atoms with Crippen LogP contribution in [0.3, 0.4) is 0 Å². The molecule has 16 heavy (non-hydrogen) atoms. The maximum absolute atomic E-state index is 4.13. The quantitative estimate of drug-likeness (QED) is 0.859. The molecule has 1 aliphatic carbocycles. The van der Waals surface area contributed by atoms with E-state index in [9.17, 15) is 0 Å². The fraction of sp³-hybridized carbons (Fsp3) is 0.900. The summed E-state index contributed by atoms with van der Waals surface area (Å²) in [5, 5.41) is 15.9. The van der Waals surface area contributed by atoms with E-state index in [1.165, 1.54) is 25.7 Å². The van der Waals surface area contributed by atoms with Crippen molar-refractivity contribution in [2.24, 2.45) is 0 Å². The van der Waals surface area contributed by atoms with Crippen LogP contribution in [0.5, 0.6) is 0 Å². The molecule has 2 rings (SSSR count). The normalized spacial score (nSPS) is 25.9. The van der Waals surface area contributed by atoms with Crippen molar-refractivity contribution in [1.29, 1.82) is 0 Å². The minimum Gasteiger partial charge on any atom is -0.313 e. The van der Waals surface area contributed by atoms with E-state index in [1.807, 2.05) is 23.5 Å². The van der Waals surface area contributed by atoms with Gasteiger partial charge >= 0.3 is 0 Å². The summed E-state index contributed by atoms with van der Waals surface area (Å²) in [6.07, 6.45) is 7.22. The molecular weight excluding hydrogens is 222 g/mol. The Balaban J connectivity index is 2.07. The van der Waals surface area contributed by atoms with Crippen LogP contribution in [-0.4, -0.2) is 38.8 Å². The van der Waals surface area contributed by atoms with Gasteiger partial charge in [0, 0.05) is 5.25 Å². The largest absolute Gasteiger partial charge is 0.313 e. The lowest BCUT2D eigenvalue weighted by atomic mass is 9.95. The van der Waals surface area contributed by atoms with E-state index in [4.69, 9.17) is 0 Å². The number of nitrogens with zero attached hydrogens (tertiary/aromatic N) is 4. The predicted molar refractivity (Wildman–Crippen MR) is 65.4 cm³/mol. The second kappa shape index (κ2) is 5.63. The molecule has 1 aromatic rings. The van der Waals surface area contributed by atoms with Gasteiger partial charge in [0.15, 0.2) is 5.82 Å². The molecule has 1 heterocycles. The molecule has 1 aliphatic rings. The molecule has 0 aromatic carbocycles. The van der Waals surface area contributed by atoms with Crippen LogP contribution in [0.2, 0.25) is 0 Å². The summed E-state index contributed by atoms with van der Waals surface area (Å²) in [7, 11) is 1.92. The van der Waals surface area contributed by atoms with Crippen LogP contribution >= 0.6 is 11.8 Å². The number of tetrazole rings is 1. The first-order chi connectivity index (χ1) is 7.85. The third-order valence-electron chi connectivity index (χ3n) is 3.17. The smallest absolute Gasteiger partial charge is 0.165 e. The zero-order chi connectivity index (χ0) is 11.4. The van der Waals surface area contributed by atoms with Crippen molar-refractivity contribution >= 4 is 11.8 Å². The van der Waals surface area contributed by atoms with Crippen molar-refractivity contribution in [1.82, 2.24) is 25.5 Å². The Labute approximate surface area is 100 Å². The molecular formula is C10H19N5S. The van der Waals surface area contributed by atoms with Crippen molar-refractivity contribution < 1.29 is 0 Å². The number of nitrogens with one attached hydrogen (secondary N) is 1. The number of hydrogen-bond donors (Lipinski definition) is 1. The summed E-state index contributed by atoms with van der Waals surface area (Å²) >= 11 is 1.97. The van der Waals surface area contributed by atoms with Crippen LogP contribution in [0.15, 0.2) is 0 Å². The Morgan fingerprint density at radius 1 is 1.50 bits per heavy atom. The lowest BCUT2D eigenvalue weighted by Crippen LogP contribution is -2.24. The van der Waals surface area contributed by atoms with Gasteiger partial charge in [-0.25, -0.2) is 4.68 Å². The van der Waals surface area contributed by atoms with Gasteiger partial charge in [-0.05, 0) is 43.0 Å². The third kappa shape index (κ3) is 2.55. The molecule has 0 bridgehead atoms. The first kappa shape index (κ1) is 11.9. The summed E-state index contributed by atoms with van der Waals surface area (Å²) in [5.41, 5.74) is 0. The van der Waals surface area contributed by atoms with Gasteiger partial charge < -0.3 is 5.32 Å². The van der Waals surface area contributed by atoms with Crippen molar-refractivity contribution in [3.8, 4) is 0 Å². The van der Waals surface area contributed by atoms with E-state index < -0.39 is 0 Å². The topological polar surface area (TPSA) is 55.6 Å². The van der Waals surface area contributed by atoms with Crippen LogP contribution < -0.4 is 5.32 Å². The summed E-state index contributed by atoms with van der Waals surface area (Å²) in [4.78, 5) is 0. The first-order valence-electron chi connectivity index (χ1n) is 5.79. The van der Waals surface area contributed by atoms with Crippen molar-refractivity contribution in [2.75, 3.05) is 13.3 Å². The average Bonchev–Trinajstić information content (AvgIpc) is 2.78. The van der Waals surface area contributed by atoms with Gasteiger partial charge in [0.2, 0.25) is 0 Å². The van der Waals surface area contributed by atoms with Gasteiger partial charge in [0.25, 0.3) is 0 Å². The van der Waals surface area contributed by atoms with E-state index in [0.717, 1.165) is 17.6 Å². The van der Waals surface area contributed by atoms with Crippen LogP contribution in [0.4, 0.5) is 0 Å². The summed E-state index contributed by atoms with van der Waals surface area (Å²) < 4.78 is 2.01. The van der Waals surface area contributed by atoms with E-state index in [2.05, 4.69) is 27.1 Å². The molecule has 6 heteroatoms. The second-order valence-corrected chi connectivity index (χ2v) is 5.39. The lowest BCUT2D eigenvalue weighted by Gasteiger charge is -2.28. The van der Waals surface area contributed by atoms with Crippen molar-refractivity contribution in [2.45, 2.75) is 43.5 Å². The summed E-state index contributed by atoms with van der Waals surface area (Å²) in [5.74, 6) is 0.953. The molecule has 0 aliphatic heterocycles. The molecule has 0 amide bonds. The van der Waals surface area contributed by atoms with Crippen molar-refractivity contribution in [3.05, 3.63) is 5.82 Å². The van der Waals surface area contributed by atoms with E-state index in [0.29, 0.717) is 6.04 Å². The highest BCUT2D eigenvalue weighted by Gasteiger charge is 2.25. The molecule has 1 N–H and O–H groups in total.